The van der Waals surface area contributed by atoms with E-state index < -0.39 is 0 Å². The zero-order valence-corrected chi connectivity index (χ0v) is 9.11. The van der Waals surface area contributed by atoms with Crippen LogP contribution in [0.15, 0.2) is 23.0 Å². The third-order valence-corrected chi connectivity index (χ3v) is 3.22. The minimum absolute atomic E-state index is 0.0889. The number of nitrogens with one attached hydrogen (secondary N) is 1. The summed E-state index contributed by atoms with van der Waals surface area (Å²) < 4.78 is 0. The summed E-state index contributed by atoms with van der Waals surface area (Å²) in [7, 11) is 0. The average Bonchev–Trinajstić information content (AvgIpc) is 2.75. The minimum atomic E-state index is -0.0889. The van der Waals surface area contributed by atoms with Gasteiger partial charge >= 0.3 is 0 Å². The van der Waals surface area contributed by atoms with Gasteiger partial charge in [0, 0.05) is 5.38 Å². The normalized spacial score (nSPS) is 10.1. The van der Waals surface area contributed by atoms with E-state index in [1.807, 2.05) is 23.8 Å². The summed E-state index contributed by atoms with van der Waals surface area (Å²) in [5.74, 6) is -0.0889. The summed E-state index contributed by atoms with van der Waals surface area (Å²) in [6.45, 7) is 1.88. The molecular weight excluding hydrogens is 216 g/mol. The van der Waals surface area contributed by atoms with Gasteiger partial charge < -0.3 is 5.32 Å². The van der Waals surface area contributed by atoms with Crippen LogP contribution < -0.4 is 5.32 Å². The van der Waals surface area contributed by atoms with E-state index >= 15 is 0 Å². The van der Waals surface area contributed by atoms with Gasteiger partial charge in [0.05, 0.1) is 16.9 Å². The molecule has 0 saturated heterocycles. The lowest BCUT2D eigenvalue weighted by atomic mass is 10.4. The van der Waals surface area contributed by atoms with E-state index in [0.717, 1.165) is 10.7 Å². The predicted molar refractivity (Wildman–Crippen MR) is 59.1 cm³/mol. The second kappa shape index (κ2) is 3.89. The molecule has 0 unspecified atom stereocenters. The molecule has 2 aromatic rings. The standard InChI is InChI=1S/C9H8N2OS2/c1-6-10-4-8(14-6)9(12)11-7-2-3-13-5-7/h2-5H,1H3,(H,11,12). The highest BCUT2D eigenvalue weighted by Gasteiger charge is 2.08. The Bertz CT molecular complexity index is 433. The monoisotopic (exact) mass is 224 g/mol. The van der Waals surface area contributed by atoms with E-state index in [0.29, 0.717) is 4.88 Å². The number of aromatic nitrogens is 1. The summed E-state index contributed by atoms with van der Waals surface area (Å²) >= 11 is 2.95. The van der Waals surface area contributed by atoms with Crippen molar-refractivity contribution in [3.63, 3.8) is 0 Å². The van der Waals surface area contributed by atoms with E-state index in [1.54, 1.807) is 17.5 Å². The summed E-state index contributed by atoms with van der Waals surface area (Å²) in [5, 5.41) is 7.52. The summed E-state index contributed by atoms with van der Waals surface area (Å²) in [4.78, 5) is 16.3. The molecule has 0 bridgehead atoms. The molecule has 1 amide bonds. The lowest BCUT2D eigenvalue weighted by molar-refractivity contribution is 0.103. The van der Waals surface area contributed by atoms with Gasteiger partial charge in [-0.15, -0.1) is 11.3 Å². The molecule has 0 aromatic carbocycles. The molecule has 0 atom stereocenters. The zero-order valence-electron chi connectivity index (χ0n) is 7.48. The van der Waals surface area contributed by atoms with Crippen LogP contribution in [0, 0.1) is 6.92 Å². The SMILES string of the molecule is Cc1ncc(C(=O)Nc2ccsc2)s1. The van der Waals surface area contributed by atoms with Crippen molar-refractivity contribution in [2.45, 2.75) is 6.92 Å². The highest BCUT2D eigenvalue weighted by atomic mass is 32.1. The van der Waals surface area contributed by atoms with Gasteiger partial charge in [0.15, 0.2) is 0 Å². The Morgan fingerprint density at radius 3 is 3.00 bits per heavy atom. The minimum Gasteiger partial charge on any atom is -0.320 e. The Kier molecular flexibility index (Phi) is 2.60. The Morgan fingerprint density at radius 1 is 1.57 bits per heavy atom. The molecule has 0 aliphatic rings. The maximum atomic E-state index is 11.6. The van der Waals surface area contributed by atoms with Crippen molar-refractivity contribution in [3.8, 4) is 0 Å². The fourth-order valence-corrected chi connectivity index (χ4v) is 2.26. The van der Waals surface area contributed by atoms with E-state index in [2.05, 4.69) is 10.3 Å². The molecule has 0 spiro atoms. The van der Waals surface area contributed by atoms with Crippen LogP contribution in [0.4, 0.5) is 5.69 Å². The predicted octanol–water partition coefficient (Wildman–Crippen LogP) is 2.77. The molecule has 5 heteroatoms. The van der Waals surface area contributed by atoms with Crippen LogP contribution in [-0.4, -0.2) is 10.9 Å². The van der Waals surface area contributed by atoms with Crippen LogP contribution in [0.3, 0.4) is 0 Å². The second-order valence-electron chi connectivity index (χ2n) is 2.71. The molecule has 2 aromatic heterocycles. The maximum absolute atomic E-state index is 11.6. The molecule has 1 N–H and O–H groups in total. The average molecular weight is 224 g/mol. The first-order valence-electron chi connectivity index (χ1n) is 4.01. The molecule has 3 nitrogen and oxygen atoms in total. The van der Waals surface area contributed by atoms with Crippen LogP contribution in [0.1, 0.15) is 14.7 Å². The van der Waals surface area contributed by atoms with Gasteiger partial charge in [0.2, 0.25) is 0 Å². The number of hydrogen-bond donors (Lipinski definition) is 1. The number of amides is 1. The first kappa shape index (κ1) is 9.36. The van der Waals surface area contributed by atoms with Gasteiger partial charge in [-0.05, 0) is 18.4 Å². The van der Waals surface area contributed by atoms with Crippen LogP contribution in [0.25, 0.3) is 0 Å². The topological polar surface area (TPSA) is 42.0 Å². The molecule has 72 valence electrons. The molecule has 0 aliphatic carbocycles. The molecule has 0 radical (unpaired) electrons. The van der Waals surface area contributed by atoms with Crippen LogP contribution in [0.5, 0.6) is 0 Å². The first-order chi connectivity index (χ1) is 6.75. The quantitative estimate of drug-likeness (QED) is 0.852. The fraction of sp³-hybridized carbons (Fsp3) is 0.111. The third-order valence-electron chi connectivity index (χ3n) is 1.62. The van der Waals surface area contributed by atoms with Crippen molar-refractivity contribution in [1.82, 2.24) is 4.98 Å². The van der Waals surface area contributed by atoms with Crippen molar-refractivity contribution >= 4 is 34.3 Å². The van der Waals surface area contributed by atoms with Gasteiger partial charge in [-0.1, -0.05) is 0 Å². The van der Waals surface area contributed by atoms with Crippen molar-refractivity contribution in [3.05, 3.63) is 32.9 Å². The number of carbonyl (C=O) groups is 1. The van der Waals surface area contributed by atoms with Crippen LogP contribution in [0.2, 0.25) is 0 Å². The second-order valence-corrected chi connectivity index (χ2v) is 4.72. The van der Waals surface area contributed by atoms with E-state index in [1.165, 1.54) is 11.3 Å². The van der Waals surface area contributed by atoms with Crippen molar-refractivity contribution in [1.29, 1.82) is 0 Å². The number of nitrogens with zero attached hydrogens (tertiary/aromatic N) is 1. The molecular formula is C9H8N2OS2. The van der Waals surface area contributed by atoms with Gasteiger partial charge in [0.25, 0.3) is 5.91 Å². The first-order valence-corrected chi connectivity index (χ1v) is 5.77. The lowest BCUT2D eigenvalue weighted by Gasteiger charge is -1.97. The highest BCUT2D eigenvalue weighted by Crippen LogP contribution is 2.16. The van der Waals surface area contributed by atoms with Gasteiger partial charge in [0.1, 0.15) is 4.88 Å². The molecule has 0 fully saturated rings. The number of aryl methyl sites for hydroxylation is 1. The number of thiophene rings is 1. The molecule has 2 rings (SSSR count). The van der Waals surface area contributed by atoms with E-state index in [-0.39, 0.29) is 5.91 Å². The third kappa shape index (κ3) is 2.00. The van der Waals surface area contributed by atoms with E-state index in [9.17, 15) is 4.79 Å². The van der Waals surface area contributed by atoms with Crippen molar-refractivity contribution in [2.75, 3.05) is 5.32 Å². The summed E-state index contributed by atoms with van der Waals surface area (Å²) in [6.07, 6.45) is 1.60. The molecule has 14 heavy (non-hydrogen) atoms. The Hall–Kier alpha value is -1.20. The van der Waals surface area contributed by atoms with Crippen LogP contribution in [-0.2, 0) is 0 Å². The smallest absolute Gasteiger partial charge is 0.267 e. The number of hydrogen-bond acceptors (Lipinski definition) is 4. The largest absolute Gasteiger partial charge is 0.320 e. The Balaban J connectivity index is 2.10. The maximum Gasteiger partial charge on any atom is 0.267 e. The number of carbonyl (C=O) groups excluding carboxylic acids is 1. The van der Waals surface area contributed by atoms with Crippen molar-refractivity contribution in [2.24, 2.45) is 0 Å². The Morgan fingerprint density at radius 2 is 2.43 bits per heavy atom. The number of thiazole rings is 1. The lowest BCUT2D eigenvalue weighted by Crippen LogP contribution is -2.09. The summed E-state index contributed by atoms with van der Waals surface area (Å²) in [5.41, 5.74) is 0.839. The zero-order chi connectivity index (χ0) is 9.97. The fourth-order valence-electron chi connectivity index (χ4n) is 0.995. The van der Waals surface area contributed by atoms with E-state index in [4.69, 9.17) is 0 Å². The summed E-state index contributed by atoms with van der Waals surface area (Å²) in [6, 6.07) is 1.87. The molecule has 0 aliphatic heterocycles. The van der Waals surface area contributed by atoms with Crippen LogP contribution >= 0.6 is 22.7 Å². The van der Waals surface area contributed by atoms with Gasteiger partial charge in [-0.2, -0.15) is 11.3 Å². The molecule has 0 saturated carbocycles. The number of rotatable bonds is 2. The van der Waals surface area contributed by atoms with Gasteiger partial charge in [-0.3, -0.25) is 4.79 Å². The Labute approximate surface area is 89.4 Å². The van der Waals surface area contributed by atoms with Gasteiger partial charge in [-0.25, -0.2) is 4.98 Å². The molecule has 2 heterocycles. The van der Waals surface area contributed by atoms with Crippen molar-refractivity contribution < 1.29 is 4.79 Å². The number of anilines is 1. The highest BCUT2D eigenvalue weighted by molar-refractivity contribution is 7.13.